The van der Waals surface area contributed by atoms with E-state index in [2.05, 4.69) is 11.0 Å². The van der Waals surface area contributed by atoms with Gasteiger partial charge in [-0.25, -0.2) is 0 Å². The Morgan fingerprint density at radius 1 is 1.33 bits per heavy atom. The molecule has 0 unspecified atom stereocenters. The first-order valence-electron chi connectivity index (χ1n) is 6.30. The second kappa shape index (κ2) is 5.60. The predicted molar refractivity (Wildman–Crippen MR) is 74.8 cm³/mol. The summed E-state index contributed by atoms with van der Waals surface area (Å²) in [6, 6.07) is 8.59. The van der Waals surface area contributed by atoms with Gasteiger partial charge in [0.1, 0.15) is 6.07 Å². The molecule has 2 rings (SSSR count). The molecule has 1 aromatic carbocycles. The molecule has 0 aromatic heterocycles. The number of hydrogen-bond donors (Lipinski definition) is 1. The van der Waals surface area contributed by atoms with Crippen LogP contribution in [-0.2, 0) is 0 Å². The maximum atomic E-state index is 9.21. The molecule has 0 amide bonds. The van der Waals surface area contributed by atoms with Crippen molar-refractivity contribution < 1.29 is 0 Å². The normalized spacial score (nSPS) is 23.4. The van der Waals surface area contributed by atoms with Gasteiger partial charge in [-0.1, -0.05) is 17.7 Å². The highest BCUT2D eigenvalue weighted by atomic mass is 35.5. The third-order valence-electron chi connectivity index (χ3n) is 3.77. The molecule has 1 fully saturated rings. The number of hydrogen-bond acceptors (Lipinski definition) is 3. The smallest absolute Gasteiger partial charge is 0.103 e. The van der Waals surface area contributed by atoms with E-state index in [1.807, 2.05) is 19.2 Å². The second-order valence-electron chi connectivity index (χ2n) is 4.93. The lowest BCUT2D eigenvalue weighted by Crippen LogP contribution is -2.39. The van der Waals surface area contributed by atoms with Gasteiger partial charge in [0.25, 0.3) is 0 Å². The zero-order chi connectivity index (χ0) is 13.1. The van der Waals surface area contributed by atoms with Gasteiger partial charge >= 0.3 is 0 Å². The lowest BCUT2D eigenvalue weighted by atomic mass is 9.90. The van der Waals surface area contributed by atoms with Gasteiger partial charge in [-0.05, 0) is 37.8 Å². The molecule has 0 heterocycles. The Labute approximate surface area is 113 Å². The summed E-state index contributed by atoms with van der Waals surface area (Å²) in [5.41, 5.74) is 7.41. The number of benzene rings is 1. The fraction of sp³-hybridized carbons (Fsp3) is 0.500. The fourth-order valence-electron chi connectivity index (χ4n) is 2.60. The molecule has 1 aromatic rings. The van der Waals surface area contributed by atoms with Crippen molar-refractivity contribution in [3.63, 3.8) is 0 Å². The van der Waals surface area contributed by atoms with Crippen LogP contribution >= 0.6 is 11.6 Å². The lowest BCUT2D eigenvalue weighted by molar-refractivity contribution is 0.385. The topological polar surface area (TPSA) is 53.0 Å². The van der Waals surface area contributed by atoms with Crippen LogP contribution in [-0.4, -0.2) is 19.1 Å². The minimum absolute atomic E-state index is 0.337. The summed E-state index contributed by atoms with van der Waals surface area (Å²) < 4.78 is 0. The van der Waals surface area contributed by atoms with E-state index >= 15 is 0 Å². The zero-order valence-electron chi connectivity index (χ0n) is 10.6. The molecular formula is C14H18ClN3. The molecule has 0 aliphatic heterocycles. The highest BCUT2D eigenvalue weighted by Crippen LogP contribution is 2.31. The summed E-state index contributed by atoms with van der Waals surface area (Å²) in [6.07, 6.45) is 4.26. The Hall–Kier alpha value is -1.24. The van der Waals surface area contributed by atoms with Crippen molar-refractivity contribution in [2.24, 2.45) is 5.73 Å². The largest absolute Gasteiger partial charge is 0.370 e. The SMILES string of the molecule is CN(c1cccc(Cl)c1C#N)C1CCC(N)CC1. The van der Waals surface area contributed by atoms with E-state index in [9.17, 15) is 5.26 Å². The molecular weight excluding hydrogens is 246 g/mol. The van der Waals surface area contributed by atoms with E-state index in [4.69, 9.17) is 17.3 Å². The molecule has 0 atom stereocenters. The van der Waals surface area contributed by atoms with Gasteiger partial charge in [0, 0.05) is 19.1 Å². The number of anilines is 1. The van der Waals surface area contributed by atoms with Gasteiger partial charge in [0.05, 0.1) is 16.3 Å². The molecule has 0 bridgehead atoms. The Kier molecular flexibility index (Phi) is 4.11. The third-order valence-corrected chi connectivity index (χ3v) is 4.09. The summed E-state index contributed by atoms with van der Waals surface area (Å²) in [7, 11) is 2.04. The monoisotopic (exact) mass is 263 g/mol. The molecule has 18 heavy (non-hydrogen) atoms. The van der Waals surface area contributed by atoms with Gasteiger partial charge in [-0.15, -0.1) is 0 Å². The Morgan fingerprint density at radius 2 is 2.00 bits per heavy atom. The third kappa shape index (κ3) is 2.60. The summed E-state index contributed by atoms with van der Waals surface area (Å²) in [5.74, 6) is 0. The first-order chi connectivity index (χ1) is 8.63. The highest BCUT2D eigenvalue weighted by molar-refractivity contribution is 6.32. The van der Waals surface area contributed by atoms with E-state index in [0.29, 0.717) is 22.7 Å². The van der Waals surface area contributed by atoms with Crippen molar-refractivity contribution in [3.8, 4) is 6.07 Å². The highest BCUT2D eigenvalue weighted by Gasteiger charge is 2.23. The molecule has 0 saturated heterocycles. The van der Waals surface area contributed by atoms with Crippen LogP contribution in [0.4, 0.5) is 5.69 Å². The molecule has 1 aliphatic carbocycles. The first-order valence-corrected chi connectivity index (χ1v) is 6.68. The van der Waals surface area contributed by atoms with E-state index in [1.54, 1.807) is 6.07 Å². The van der Waals surface area contributed by atoms with E-state index < -0.39 is 0 Å². The minimum Gasteiger partial charge on any atom is -0.370 e. The molecule has 96 valence electrons. The van der Waals surface area contributed by atoms with Crippen LogP contribution in [0.3, 0.4) is 0 Å². The summed E-state index contributed by atoms with van der Waals surface area (Å²) in [6.45, 7) is 0. The van der Waals surface area contributed by atoms with Crippen molar-refractivity contribution in [1.29, 1.82) is 5.26 Å². The summed E-state index contributed by atoms with van der Waals surface area (Å²) in [4.78, 5) is 2.18. The molecule has 1 aliphatic rings. The molecule has 3 nitrogen and oxygen atoms in total. The van der Waals surface area contributed by atoms with E-state index in [-0.39, 0.29) is 0 Å². The predicted octanol–water partition coefficient (Wildman–Crippen LogP) is 2.92. The molecule has 4 heteroatoms. The Morgan fingerprint density at radius 3 is 2.61 bits per heavy atom. The Bertz CT molecular complexity index is 459. The maximum absolute atomic E-state index is 9.21. The van der Waals surface area contributed by atoms with Gasteiger partial charge in [-0.3, -0.25) is 0 Å². The second-order valence-corrected chi connectivity index (χ2v) is 5.33. The van der Waals surface area contributed by atoms with Crippen LogP contribution < -0.4 is 10.6 Å². The van der Waals surface area contributed by atoms with Crippen molar-refractivity contribution in [1.82, 2.24) is 0 Å². The fourth-order valence-corrected chi connectivity index (χ4v) is 2.81. The average Bonchev–Trinajstić information content (AvgIpc) is 2.38. The Balaban J connectivity index is 2.21. The van der Waals surface area contributed by atoms with Gasteiger partial charge in [0.2, 0.25) is 0 Å². The lowest BCUT2D eigenvalue weighted by Gasteiger charge is -2.35. The van der Waals surface area contributed by atoms with Gasteiger partial charge in [0.15, 0.2) is 0 Å². The number of nitrogens with zero attached hydrogens (tertiary/aromatic N) is 2. The average molecular weight is 264 g/mol. The van der Waals surface area contributed by atoms with E-state index in [1.165, 1.54) is 0 Å². The molecule has 0 radical (unpaired) electrons. The van der Waals surface area contributed by atoms with E-state index in [0.717, 1.165) is 31.4 Å². The van der Waals surface area contributed by atoms with Gasteiger partial charge < -0.3 is 10.6 Å². The summed E-state index contributed by atoms with van der Waals surface area (Å²) in [5, 5.41) is 9.73. The van der Waals surface area contributed by atoms with Crippen LogP contribution in [0.25, 0.3) is 0 Å². The standard InChI is InChI=1S/C14H18ClN3/c1-18(11-7-5-10(17)6-8-11)14-4-2-3-13(15)12(14)9-16/h2-4,10-11H,5-8,17H2,1H3. The van der Waals surface area contributed by atoms with Crippen LogP contribution in [0.15, 0.2) is 18.2 Å². The molecule has 0 spiro atoms. The van der Waals surface area contributed by atoms with Crippen LogP contribution in [0.2, 0.25) is 5.02 Å². The van der Waals surface area contributed by atoms with Crippen molar-refractivity contribution in [2.75, 3.05) is 11.9 Å². The quantitative estimate of drug-likeness (QED) is 0.893. The number of nitriles is 1. The number of halogens is 1. The zero-order valence-corrected chi connectivity index (χ0v) is 11.3. The first kappa shape index (κ1) is 13.2. The maximum Gasteiger partial charge on any atom is 0.103 e. The van der Waals surface area contributed by atoms with Crippen molar-refractivity contribution >= 4 is 17.3 Å². The van der Waals surface area contributed by atoms with Crippen molar-refractivity contribution in [2.45, 2.75) is 37.8 Å². The minimum atomic E-state index is 0.337. The molecule has 1 saturated carbocycles. The van der Waals surface area contributed by atoms with Crippen molar-refractivity contribution in [3.05, 3.63) is 28.8 Å². The molecule has 2 N–H and O–H groups in total. The summed E-state index contributed by atoms with van der Waals surface area (Å²) >= 11 is 6.07. The van der Waals surface area contributed by atoms with Crippen LogP contribution in [0.1, 0.15) is 31.2 Å². The van der Waals surface area contributed by atoms with Gasteiger partial charge in [-0.2, -0.15) is 5.26 Å². The number of rotatable bonds is 2. The van der Waals surface area contributed by atoms with Crippen LogP contribution in [0, 0.1) is 11.3 Å². The number of nitrogens with two attached hydrogens (primary N) is 1. The van der Waals surface area contributed by atoms with Crippen LogP contribution in [0.5, 0.6) is 0 Å².